The molecule has 6 heteroatoms. The fourth-order valence-electron chi connectivity index (χ4n) is 1.85. The molecule has 1 aromatic carbocycles. The minimum absolute atomic E-state index is 0.0343. The number of ether oxygens (including phenoxy) is 2. The van der Waals surface area contributed by atoms with Gasteiger partial charge in [-0.1, -0.05) is 11.6 Å². The number of hydrogen-bond donors (Lipinski definition) is 0. The molecule has 112 valence electrons. The van der Waals surface area contributed by atoms with Crippen LogP contribution in [0.25, 0.3) is 11.0 Å². The maximum absolute atomic E-state index is 11.6. The van der Waals surface area contributed by atoms with Crippen molar-refractivity contribution in [1.82, 2.24) is 0 Å². The van der Waals surface area contributed by atoms with E-state index in [2.05, 4.69) is 0 Å². The van der Waals surface area contributed by atoms with Gasteiger partial charge in [-0.3, -0.25) is 0 Å². The lowest BCUT2D eigenvalue weighted by atomic mass is 10.1. The summed E-state index contributed by atoms with van der Waals surface area (Å²) in [5.41, 5.74) is 1.27. The van der Waals surface area contributed by atoms with Crippen molar-refractivity contribution in [1.29, 1.82) is 0 Å². The van der Waals surface area contributed by atoms with Gasteiger partial charge in [-0.2, -0.15) is 0 Å². The third-order valence-electron chi connectivity index (χ3n) is 2.92. The van der Waals surface area contributed by atoms with Crippen LogP contribution in [0.4, 0.5) is 0 Å². The van der Waals surface area contributed by atoms with Gasteiger partial charge in [0.15, 0.2) is 0 Å². The Morgan fingerprint density at radius 3 is 2.81 bits per heavy atom. The van der Waals surface area contributed by atoms with Gasteiger partial charge < -0.3 is 13.9 Å². The molecule has 2 aromatic rings. The molecule has 0 unspecified atom stereocenters. The Kier molecular flexibility index (Phi) is 4.98. The molecular weight excluding hydrogens is 296 g/mol. The van der Waals surface area contributed by atoms with Crippen LogP contribution in [0.1, 0.15) is 18.1 Å². The molecule has 0 atom stereocenters. The van der Waals surface area contributed by atoms with Crippen molar-refractivity contribution >= 4 is 28.5 Å². The topological polar surface area (TPSA) is 65.7 Å². The summed E-state index contributed by atoms with van der Waals surface area (Å²) in [6, 6.07) is 4.67. The molecule has 0 spiro atoms. The summed E-state index contributed by atoms with van der Waals surface area (Å²) in [5.74, 6) is -0.489. The molecule has 0 aliphatic rings. The first-order chi connectivity index (χ1) is 10.0. The Bertz CT molecular complexity index is 720. The van der Waals surface area contributed by atoms with E-state index >= 15 is 0 Å². The van der Waals surface area contributed by atoms with Crippen molar-refractivity contribution in [2.75, 3.05) is 13.2 Å². The monoisotopic (exact) mass is 310 g/mol. The molecule has 0 bridgehead atoms. The molecule has 0 radical (unpaired) electrons. The normalized spacial score (nSPS) is 10.8. The summed E-state index contributed by atoms with van der Waals surface area (Å²) in [7, 11) is 0. The van der Waals surface area contributed by atoms with E-state index in [4.69, 9.17) is 25.5 Å². The number of rotatable bonds is 5. The van der Waals surface area contributed by atoms with Gasteiger partial charge in [-0.25, -0.2) is 9.59 Å². The smallest absolute Gasteiger partial charge is 0.336 e. The van der Waals surface area contributed by atoms with E-state index in [9.17, 15) is 9.59 Å². The van der Waals surface area contributed by atoms with Gasteiger partial charge in [0.05, 0.1) is 0 Å². The summed E-state index contributed by atoms with van der Waals surface area (Å²) >= 11 is 6.08. The van der Waals surface area contributed by atoms with Crippen molar-refractivity contribution in [3.63, 3.8) is 0 Å². The average Bonchev–Trinajstić information content (AvgIpc) is 2.44. The van der Waals surface area contributed by atoms with E-state index in [0.717, 1.165) is 5.56 Å². The summed E-state index contributed by atoms with van der Waals surface area (Å²) in [6.07, 6.45) is 0. The molecule has 1 aromatic heterocycles. The maximum Gasteiger partial charge on any atom is 0.336 e. The molecule has 2 rings (SSSR count). The van der Waals surface area contributed by atoms with Gasteiger partial charge >= 0.3 is 11.6 Å². The Labute approximate surface area is 126 Å². The number of hydrogen-bond acceptors (Lipinski definition) is 5. The predicted molar refractivity (Wildman–Crippen MR) is 78.5 cm³/mol. The second kappa shape index (κ2) is 6.74. The van der Waals surface area contributed by atoms with Crippen LogP contribution in [-0.2, 0) is 20.9 Å². The molecule has 0 amide bonds. The van der Waals surface area contributed by atoms with Crippen LogP contribution in [0, 0.1) is 6.92 Å². The lowest BCUT2D eigenvalue weighted by Crippen LogP contribution is -2.13. The van der Waals surface area contributed by atoms with Crippen molar-refractivity contribution in [2.45, 2.75) is 20.5 Å². The first-order valence-electron chi connectivity index (χ1n) is 6.47. The van der Waals surface area contributed by atoms with Crippen molar-refractivity contribution in [3.8, 4) is 0 Å². The largest absolute Gasteiger partial charge is 0.459 e. The third kappa shape index (κ3) is 3.83. The highest BCUT2D eigenvalue weighted by Gasteiger charge is 2.11. The second-order valence-electron chi connectivity index (χ2n) is 4.49. The molecule has 0 saturated heterocycles. The predicted octanol–water partition coefficient (Wildman–Crippen LogP) is 2.83. The lowest BCUT2D eigenvalue weighted by Gasteiger charge is -2.08. The minimum atomic E-state index is -0.500. The first kappa shape index (κ1) is 15.5. The van der Waals surface area contributed by atoms with Crippen molar-refractivity contribution < 1.29 is 18.7 Å². The van der Waals surface area contributed by atoms with Crippen molar-refractivity contribution in [2.24, 2.45) is 0 Å². The maximum atomic E-state index is 11.6. The third-order valence-corrected chi connectivity index (χ3v) is 3.33. The zero-order chi connectivity index (χ0) is 15.4. The zero-order valence-electron chi connectivity index (χ0n) is 11.8. The summed E-state index contributed by atoms with van der Waals surface area (Å²) in [6.45, 7) is 3.88. The van der Waals surface area contributed by atoms with Gasteiger partial charge in [0.25, 0.3) is 0 Å². The molecule has 1 heterocycles. The highest BCUT2D eigenvalue weighted by molar-refractivity contribution is 6.32. The molecule has 0 aliphatic carbocycles. The van der Waals surface area contributed by atoms with Gasteiger partial charge in [0.2, 0.25) is 0 Å². The Balaban J connectivity index is 2.28. The van der Waals surface area contributed by atoms with E-state index < -0.39 is 11.6 Å². The second-order valence-corrected chi connectivity index (χ2v) is 4.89. The molecule has 0 saturated carbocycles. The number of carbonyl (C=O) groups is 1. The molecule has 5 nitrogen and oxygen atoms in total. The number of fused-ring (bicyclic) bond motifs is 1. The zero-order valence-corrected chi connectivity index (χ0v) is 12.5. The average molecular weight is 311 g/mol. The number of halogens is 1. The molecule has 0 fully saturated rings. The van der Waals surface area contributed by atoms with Crippen LogP contribution in [0.3, 0.4) is 0 Å². The van der Waals surface area contributed by atoms with Crippen LogP contribution in [-0.4, -0.2) is 19.2 Å². The highest BCUT2D eigenvalue weighted by atomic mass is 35.5. The fraction of sp³-hybridized carbons (Fsp3) is 0.333. The standard InChI is InChI=1S/C15H15ClO5/c1-3-19-8-15(18)20-7-10-5-14(17)21-13-4-9(2)12(16)6-11(10)13/h4-6H,3,7-8H2,1-2H3. The van der Waals surface area contributed by atoms with Gasteiger partial charge in [-0.05, 0) is 31.5 Å². The number of carbonyl (C=O) groups excluding carboxylic acids is 1. The van der Waals surface area contributed by atoms with Crippen molar-refractivity contribution in [3.05, 3.63) is 44.8 Å². The fourth-order valence-corrected chi connectivity index (χ4v) is 2.02. The Hall–Kier alpha value is -1.85. The summed E-state index contributed by atoms with van der Waals surface area (Å²) in [4.78, 5) is 23.0. The van der Waals surface area contributed by atoms with E-state index in [1.807, 2.05) is 6.92 Å². The van der Waals surface area contributed by atoms with E-state index in [-0.39, 0.29) is 13.2 Å². The van der Waals surface area contributed by atoms with Gasteiger partial charge in [0.1, 0.15) is 18.8 Å². The van der Waals surface area contributed by atoms with Crippen LogP contribution in [0.5, 0.6) is 0 Å². The first-order valence-corrected chi connectivity index (χ1v) is 6.85. The van der Waals surface area contributed by atoms with Crippen LogP contribution < -0.4 is 5.63 Å². The lowest BCUT2D eigenvalue weighted by molar-refractivity contribution is -0.150. The van der Waals surface area contributed by atoms with Gasteiger partial charge in [-0.15, -0.1) is 0 Å². The number of aryl methyl sites for hydroxylation is 1. The molecule has 0 aliphatic heterocycles. The Morgan fingerprint density at radius 2 is 2.10 bits per heavy atom. The minimum Gasteiger partial charge on any atom is -0.459 e. The van der Waals surface area contributed by atoms with E-state index in [1.54, 1.807) is 19.1 Å². The quantitative estimate of drug-likeness (QED) is 0.627. The SMILES string of the molecule is CCOCC(=O)OCc1cc(=O)oc2cc(C)c(Cl)cc12. The Morgan fingerprint density at radius 1 is 1.33 bits per heavy atom. The highest BCUT2D eigenvalue weighted by Crippen LogP contribution is 2.25. The van der Waals surface area contributed by atoms with E-state index in [1.165, 1.54) is 6.07 Å². The van der Waals surface area contributed by atoms with Gasteiger partial charge in [0, 0.05) is 28.6 Å². The molecule has 0 N–H and O–H groups in total. The van der Waals surface area contributed by atoms with Crippen LogP contribution >= 0.6 is 11.6 Å². The van der Waals surface area contributed by atoms with Crippen LogP contribution in [0.2, 0.25) is 5.02 Å². The van der Waals surface area contributed by atoms with E-state index in [0.29, 0.717) is 28.2 Å². The number of esters is 1. The summed E-state index contributed by atoms with van der Waals surface area (Å²) in [5, 5.41) is 1.20. The summed E-state index contributed by atoms with van der Waals surface area (Å²) < 4.78 is 15.2. The number of benzene rings is 1. The van der Waals surface area contributed by atoms with Crippen LogP contribution in [0.15, 0.2) is 27.4 Å². The molecule has 21 heavy (non-hydrogen) atoms. The molecular formula is C15H15ClO5.